The van der Waals surface area contributed by atoms with Gasteiger partial charge in [0.1, 0.15) is 5.82 Å². The summed E-state index contributed by atoms with van der Waals surface area (Å²) in [5.41, 5.74) is 5.01. The fourth-order valence-corrected chi connectivity index (χ4v) is 5.89. The molecule has 3 N–H and O–H groups in total. The number of allylic oxidation sites excluding steroid dienone is 2. The molecule has 5 rings (SSSR count). The molecule has 0 bridgehead atoms. The van der Waals surface area contributed by atoms with Gasteiger partial charge in [-0.05, 0) is 67.5 Å². The Morgan fingerprint density at radius 2 is 1.92 bits per heavy atom. The molecule has 1 atom stereocenters. The Balaban J connectivity index is 1.46. The highest BCUT2D eigenvalue weighted by molar-refractivity contribution is 5.98. The van der Waals surface area contributed by atoms with Gasteiger partial charge in [0, 0.05) is 55.7 Å². The highest BCUT2D eigenvalue weighted by atomic mass is 16.5. The Labute approximate surface area is 220 Å². The van der Waals surface area contributed by atoms with Crippen LogP contribution in [0.2, 0.25) is 0 Å². The van der Waals surface area contributed by atoms with E-state index < -0.39 is 6.17 Å². The molecule has 2 fully saturated rings. The molecular weight excluding hydrogens is 466 g/mol. The van der Waals surface area contributed by atoms with Crippen molar-refractivity contribution in [1.29, 1.82) is 0 Å². The summed E-state index contributed by atoms with van der Waals surface area (Å²) in [4.78, 5) is 19.6. The molecule has 0 aromatic heterocycles. The van der Waals surface area contributed by atoms with Crippen LogP contribution in [-0.2, 0) is 19.7 Å². The zero-order valence-corrected chi connectivity index (χ0v) is 22.3. The molecule has 3 aliphatic heterocycles. The van der Waals surface area contributed by atoms with Crippen LogP contribution in [0.25, 0.3) is 5.57 Å². The molecule has 0 radical (unpaired) electrons. The van der Waals surface area contributed by atoms with Crippen LogP contribution >= 0.6 is 0 Å². The van der Waals surface area contributed by atoms with Crippen molar-refractivity contribution in [3.63, 3.8) is 0 Å². The first kappa shape index (κ1) is 25.9. The Morgan fingerprint density at radius 1 is 1.16 bits per heavy atom. The number of anilines is 1. The molecule has 3 heterocycles. The van der Waals surface area contributed by atoms with Crippen molar-refractivity contribution in [2.45, 2.75) is 57.5 Å². The third-order valence-electron chi connectivity index (χ3n) is 8.40. The van der Waals surface area contributed by atoms with E-state index in [4.69, 9.17) is 9.47 Å². The molecule has 0 saturated carbocycles. The Kier molecular flexibility index (Phi) is 7.70. The molecule has 1 aliphatic carbocycles. The van der Waals surface area contributed by atoms with Gasteiger partial charge >= 0.3 is 0 Å². The number of ether oxygens (including phenoxy) is 2. The minimum absolute atomic E-state index is 0.0321. The van der Waals surface area contributed by atoms with E-state index in [1.54, 1.807) is 6.20 Å². The molecule has 1 aromatic carbocycles. The highest BCUT2D eigenvalue weighted by Gasteiger charge is 2.37. The quantitative estimate of drug-likeness (QED) is 0.489. The van der Waals surface area contributed by atoms with E-state index >= 15 is 0 Å². The van der Waals surface area contributed by atoms with Crippen LogP contribution in [0.4, 0.5) is 5.69 Å². The monoisotopic (exact) mass is 507 g/mol. The molecule has 1 unspecified atom stereocenters. The molecule has 1 aromatic rings. The zero-order valence-electron chi connectivity index (χ0n) is 22.3. The number of rotatable bonds is 7. The van der Waals surface area contributed by atoms with Crippen LogP contribution < -0.4 is 16.0 Å². The van der Waals surface area contributed by atoms with E-state index in [2.05, 4.69) is 70.7 Å². The summed E-state index contributed by atoms with van der Waals surface area (Å²) in [7, 11) is 0. The highest BCUT2D eigenvalue weighted by Crippen LogP contribution is 2.43. The minimum Gasteiger partial charge on any atom is -0.381 e. The van der Waals surface area contributed by atoms with Crippen molar-refractivity contribution in [2.24, 2.45) is 10.4 Å². The second-order valence-electron chi connectivity index (χ2n) is 11.6. The molecule has 37 heavy (non-hydrogen) atoms. The molecule has 8 heteroatoms. The molecule has 2 saturated heterocycles. The lowest BCUT2D eigenvalue weighted by Gasteiger charge is -2.43. The predicted molar refractivity (Wildman–Crippen MR) is 147 cm³/mol. The third-order valence-corrected chi connectivity index (χ3v) is 8.40. The first-order chi connectivity index (χ1) is 17.9. The van der Waals surface area contributed by atoms with Gasteiger partial charge in [-0.15, -0.1) is 0 Å². The molecule has 0 spiro atoms. The zero-order chi connectivity index (χ0) is 25.9. The van der Waals surface area contributed by atoms with Crippen molar-refractivity contribution < 1.29 is 14.3 Å². The number of amides is 1. The van der Waals surface area contributed by atoms with Gasteiger partial charge in [0.05, 0.1) is 13.2 Å². The number of carbonyl (C=O) groups excluding carboxylic acids is 1. The standard InChI is InChI=1S/C29H41N5O3/c1-28(2)8-6-21(7-9-28)23-18-22(4-5-24(23)32-27(35)26-31-19-25(30-3)33-26)29(10-14-36-15-11-29)20-34-12-16-37-17-13-34/h4-6,18-19,26,31,33H,3,7-17,20H2,1-2H3,(H,32,35). The average Bonchev–Trinajstić information content (AvgIpc) is 3.40. The topological polar surface area (TPSA) is 87.2 Å². The van der Waals surface area contributed by atoms with E-state index in [9.17, 15) is 4.79 Å². The van der Waals surface area contributed by atoms with Crippen LogP contribution in [0.3, 0.4) is 0 Å². The van der Waals surface area contributed by atoms with E-state index in [1.807, 2.05) is 0 Å². The lowest BCUT2D eigenvalue weighted by molar-refractivity contribution is -0.118. The van der Waals surface area contributed by atoms with Crippen molar-refractivity contribution >= 4 is 23.9 Å². The summed E-state index contributed by atoms with van der Waals surface area (Å²) in [6.07, 6.45) is 8.66. The number of morpholine rings is 1. The summed E-state index contributed by atoms with van der Waals surface area (Å²) in [5, 5.41) is 9.28. The van der Waals surface area contributed by atoms with Gasteiger partial charge in [-0.25, -0.2) is 4.99 Å². The van der Waals surface area contributed by atoms with Crippen LogP contribution in [0.1, 0.15) is 57.1 Å². The normalized spacial score (nSPS) is 25.3. The van der Waals surface area contributed by atoms with E-state index in [-0.39, 0.29) is 11.3 Å². The summed E-state index contributed by atoms with van der Waals surface area (Å²) in [6.45, 7) is 14.3. The molecule has 8 nitrogen and oxygen atoms in total. The fraction of sp³-hybridized carbons (Fsp3) is 0.586. The number of nitrogens with one attached hydrogen (secondary N) is 3. The number of benzene rings is 1. The van der Waals surface area contributed by atoms with Gasteiger partial charge in [-0.3, -0.25) is 9.69 Å². The Hall–Kier alpha value is -2.68. The second kappa shape index (κ2) is 11.0. The van der Waals surface area contributed by atoms with Gasteiger partial charge in [0.15, 0.2) is 6.17 Å². The van der Waals surface area contributed by atoms with Crippen LogP contribution in [0, 0.1) is 5.41 Å². The van der Waals surface area contributed by atoms with Crippen LogP contribution in [-0.4, -0.2) is 69.8 Å². The Bertz CT molecular complexity index is 1070. The lowest BCUT2D eigenvalue weighted by atomic mass is 9.72. The number of hydrogen-bond acceptors (Lipinski definition) is 7. The van der Waals surface area contributed by atoms with Gasteiger partial charge in [-0.1, -0.05) is 26.0 Å². The number of aliphatic imine (C=N–C) groups is 1. The van der Waals surface area contributed by atoms with Crippen LogP contribution in [0.5, 0.6) is 0 Å². The SMILES string of the molecule is C=NC1=CNC(C(=O)Nc2ccc(C3(CN4CCOCC4)CCOCC3)cc2C2=CCC(C)(C)CC2)N1. The Morgan fingerprint density at radius 3 is 2.59 bits per heavy atom. The van der Waals surface area contributed by atoms with Gasteiger partial charge in [0.2, 0.25) is 0 Å². The van der Waals surface area contributed by atoms with Gasteiger partial charge in [-0.2, -0.15) is 0 Å². The van der Waals surface area contributed by atoms with Crippen molar-refractivity contribution in [2.75, 3.05) is 51.4 Å². The third kappa shape index (κ3) is 5.92. The average molecular weight is 508 g/mol. The van der Waals surface area contributed by atoms with Gasteiger partial charge < -0.3 is 25.4 Å². The predicted octanol–water partition coefficient (Wildman–Crippen LogP) is 3.62. The summed E-state index contributed by atoms with van der Waals surface area (Å²) < 4.78 is 11.4. The van der Waals surface area contributed by atoms with E-state index in [0.29, 0.717) is 11.2 Å². The van der Waals surface area contributed by atoms with Crippen molar-refractivity contribution in [1.82, 2.24) is 15.5 Å². The molecule has 200 valence electrons. The fourth-order valence-electron chi connectivity index (χ4n) is 5.89. The maximum atomic E-state index is 13.1. The first-order valence-electron chi connectivity index (χ1n) is 13.6. The molecular formula is C29H41N5O3. The summed E-state index contributed by atoms with van der Waals surface area (Å²) in [6, 6.07) is 6.69. The summed E-state index contributed by atoms with van der Waals surface area (Å²) in [5.74, 6) is 0.423. The van der Waals surface area contributed by atoms with Crippen molar-refractivity contribution in [3.8, 4) is 0 Å². The smallest absolute Gasteiger partial charge is 0.267 e. The number of hydrogen-bond donors (Lipinski definition) is 3. The van der Waals surface area contributed by atoms with Gasteiger partial charge in [0.25, 0.3) is 5.91 Å². The summed E-state index contributed by atoms with van der Waals surface area (Å²) >= 11 is 0. The van der Waals surface area contributed by atoms with Crippen LogP contribution in [0.15, 0.2) is 41.3 Å². The minimum atomic E-state index is -0.574. The molecule has 1 amide bonds. The van der Waals surface area contributed by atoms with E-state index in [1.165, 1.54) is 11.1 Å². The lowest BCUT2D eigenvalue weighted by Crippen LogP contribution is -2.48. The number of nitrogens with zero attached hydrogens (tertiary/aromatic N) is 2. The maximum absolute atomic E-state index is 13.1. The maximum Gasteiger partial charge on any atom is 0.267 e. The second-order valence-corrected chi connectivity index (χ2v) is 11.6. The first-order valence-corrected chi connectivity index (χ1v) is 13.6. The largest absolute Gasteiger partial charge is 0.381 e. The van der Waals surface area contributed by atoms with Crippen molar-refractivity contribution in [3.05, 3.63) is 47.4 Å². The number of carbonyl (C=O) groups is 1. The molecule has 4 aliphatic rings. The van der Waals surface area contributed by atoms with E-state index in [0.717, 1.165) is 89.4 Å².